The zero-order valence-electron chi connectivity index (χ0n) is 7.92. The Morgan fingerprint density at radius 2 is 2.15 bits per heavy atom. The van der Waals surface area contributed by atoms with E-state index in [-0.39, 0.29) is 17.7 Å². The number of carbonyl (C=O) groups is 2. The molecule has 0 aliphatic carbocycles. The highest BCUT2D eigenvalue weighted by Gasteiger charge is 2.36. The summed E-state index contributed by atoms with van der Waals surface area (Å²) in [5.41, 5.74) is 0. The van der Waals surface area contributed by atoms with Crippen LogP contribution >= 0.6 is 15.9 Å². The van der Waals surface area contributed by atoms with Gasteiger partial charge in [-0.2, -0.15) is 0 Å². The van der Waals surface area contributed by atoms with E-state index in [2.05, 4.69) is 15.9 Å². The molecule has 4 heteroatoms. The van der Waals surface area contributed by atoms with Crippen LogP contribution in [0, 0.1) is 5.92 Å². The second kappa shape index (κ2) is 4.22. The molecule has 3 nitrogen and oxygen atoms in total. The number of hydrogen-bond acceptors (Lipinski definition) is 2. The Balaban J connectivity index is 2.76. The van der Waals surface area contributed by atoms with Gasteiger partial charge in [-0.15, -0.1) is 0 Å². The van der Waals surface area contributed by atoms with Crippen molar-refractivity contribution in [3.8, 4) is 0 Å². The van der Waals surface area contributed by atoms with Crippen LogP contribution in [-0.2, 0) is 9.59 Å². The molecule has 1 aliphatic heterocycles. The third kappa shape index (κ3) is 2.10. The molecule has 1 saturated heterocycles. The molecule has 1 aliphatic rings. The SMILES string of the molecule is CC(=O)N1CCC(C)C1C(=O)CBr. The van der Waals surface area contributed by atoms with Crippen LogP contribution < -0.4 is 0 Å². The Labute approximate surface area is 86.6 Å². The van der Waals surface area contributed by atoms with E-state index in [0.29, 0.717) is 11.2 Å². The lowest BCUT2D eigenvalue weighted by Crippen LogP contribution is -2.42. The molecule has 0 radical (unpaired) electrons. The van der Waals surface area contributed by atoms with E-state index in [1.807, 2.05) is 6.92 Å². The van der Waals surface area contributed by atoms with E-state index in [1.165, 1.54) is 6.92 Å². The molecule has 0 spiro atoms. The molecule has 1 rings (SSSR count). The van der Waals surface area contributed by atoms with Crippen LogP contribution in [-0.4, -0.2) is 34.5 Å². The molecule has 74 valence electrons. The molecule has 0 bridgehead atoms. The van der Waals surface area contributed by atoms with Crippen molar-refractivity contribution >= 4 is 27.6 Å². The molecule has 0 aromatic rings. The van der Waals surface area contributed by atoms with Crippen molar-refractivity contribution in [2.75, 3.05) is 11.9 Å². The zero-order valence-corrected chi connectivity index (χ0v) is 9.50. The lowest BCUT2D eigenvalue weighted by molar-refractivity contribution is -0.135. The zero-order chi connectivity index (χ0) is 10.0. The summed E-state index contributed by atoms with van der Waals surface area (Å²) in [4.78, 5) is 24.4. The fourth-order valence-electron chi connectivity index (χ4n) is 1.87. The van der Waals surface area contributed by atoms with Crippen molar-refractivity contribution in [1.82, 2.24) is 4.90 Å². The molecule has 13 heavy (non-hydrogen) atoms. The second-order valence-electron chi connectivity index (χ2n) is 3.52. The van der Waals surface area contributed by atoms with Gasteiger partial charge in [-0.25, -0.2) is 0 Å². The van der Waals surface area contributed by atoms with Crippen LogP contribution in [0.4, 0.5) is 0 Å². The summed E-state index contributed by atoms with van der Waals surface area (Å²) >= 11 is 3.14. The van der Waals surface area contributed by atoms with Gasteiger partial charge in [0.25, 0.3) is 0 Å². The fraction of sp³-hybridized carbons (Fsp3) is 0.778. The molecule has 0 aromatic heterocycles. The number of Topliss-reactive ketones (excluding diaryl/α,β-unsaturated/α-hetero) is 1. The number of ketones is 1. The standard InChI is InChI=1S/C9H14BrNO2/c1-6-3-4-11(7(2)12)9(6)8(13)5-10/h6,9H,3-5H2,1-2H3. The lowest BCUT2D eigenvalue weighted by Gasteiger charge is -2.23. The Hall–Kier alpha value is -0.380. The van der Waals surface area contributed by atoms with Crippen molar-refractivity contribution in [2.24, 2.45) is 5.92 Å². The predicted molar refractivity (Wildman–Crippen MR) is 53.8 cm³/mol. The van der Waals surface area contributed by atoms with E-state index in [1.54, 1.807) is 4.90 Å². The van der Waals surface area contributed by atoms with Crippen LogP contribution in [0.2, 0.25) is 0 Å². The second-order valence-corrected chi connectivity index (χ2v) is 4.08. The van der Waals surface area contributed by atoms with E-state index >= 15 is 0 Å². The summed E-state index contributed by atoms with van der Waals surface area (Å²) in [7, 11) is 0. The summed E-state index contributed by atoms with van der Waals surface area (Å²) in [5, 5.41) is 0.339. The Morgan fingerprint density at radius 1 is 1.54 bits per heavy atom. The number of nitrogens with zero attached hydrogens (tertiary/aromatic N) is 1. The molecule has 0 aromatic carbocycles. The first kappa shape index (κ1) is 10.7. The van der Waals surface area contributed by atoms with Gasteiger partial charge in [0.15, 0.2) is 5.78 Å². The van der Waals surface area contributed by atoms with Crippen LogP contribution in [0.15, 0.2) is 0 Å². The maximum Gasteiger partial charge on any atom is 0.220 e. The molecular weight excluding hydrogens is 234 g/mol. The van der Waals surface area contributed by atoms with E-state index in [4.69, 9.17) is 0 Å². The molecular formula is C9H14BrNO2. The first-order chi connectivity index (χ1) is 6.07. The van der Waals surface area contributed by atoms with E-state index in [0.717, 1.165) is 13.0 Å². The van der Waals surface area contributed by atoms with Gasteiger partial charge in [-0.3, -0.25) is 9.59 Å². The van der Waals surface area contributed by atoms with E-state index in [9.17, 15) is 9.59 Å². The summed E-state index contributed by atoms with van der Waals surface area (Å²) in [6.45, 7) is 4.26. The molecule has 2 unspecified atom stereocenters. The van der Waals surface area contributed by atoms with Crippen LogP contribution in [0.5, 0.6) is 0 Å². The predicted octanol–water partition coefficient (Wildman–Crippen LogP) is 1.21. The van der Waals surface area contributed by atoms with Gasteiger partial charge in [0.1, 0.15) is 0 Å². The number of alkyl halides is 1. The van der Waals surface area contributed by atoms with E-state index < -0.39 is 0 Å². The van der Waals surface area contributed by atoms with Crippen molar-refractivity contribution in [3.63, 3.8) is 0 Å². The van der Waals surface area contributed by atoms with Crippen molar-refractivity contribution in [3.05, 3.63) is 0 Å². The van der Waals surface area contributed by atoms with Gasteiger partial charge >= 0.3 is 0 Å². The van der Waals surface area contributed by atoms with Gasteiger partial charge in [0.2, 0.25) is 5.91 Å². The maximum atomic E-state index is 11.5. The number of carbonyl (C=O) groups excluding carboxylic acids is 2. The first-order valence-corrected chi connectivity index (χ1v) is 5.56. The fourth-order valence-corrected chi connectivity index (χ4v) is 2.20. The van der Waals surface area contributed by atoms with Crippen LogP contribution in [0.1, 0.15) is 20.3 Å². The van der Waals surface area contributed by atoms with Gasteiger partial charge in [0.05, 0.1) is 11.4 Å². The number of rotatable bonds is 2. The van der Waals surface area contributed by atoms with Gasteiger partial charge in [-0.05, 0) is 12.3 Å². The molecule has 0 N–H and O–H groups in total. The summed E-state index contributed by atoms with van der Waals surface area (Å²) in [5.74, 6) is 0.415. The van der Waals surface area contributed by atoms with Gasteiger partial charge < -0.3 is 4.90 Å². The third-order valence-electron chi connectivity index (χ3n) is 2.57. The Kier molecular flexibility index (Phi) is 3.47. The molecule has 1 amide bonds. The van der Waals surface area contributed by atoms with Gasteiger partial charge in [0, 0.05) is 13.5 Å². The van der Waals surface area contributed by atoms with Crippen molar-refractivity contribution in [1.29, 1.82) is 0 Å². The van der Waals surface area contributed by atoms with Crippen LogP contribution in [0.3, 0.4) is 0 Å². The average molecular weight is 248 g/mol. The van der Waals surface area contributed by atoms with Crippen LogP contribution in [0.25, 0.3) is 0 Å². The highest BCUT2D eigenvalue weighted by Crippen LogP contribution is 2.24. The number of hydrogen-bond donors (Lipinski definition) is 0. The minimum atomic E-state index is -0.197. The Bertz CT molecular complexity index is 230. The number of halogens is 1. The monoisotopic (exact) mass is 247 g/mol. The normalized spacial score (nSPS) is 27.8. The number of amides is 1. The minimum absolute atomic E-state index is 0.00338. The molecule has 1 fully saturated rings. The molecule has 2 atom stereocenters. The average Bonchev–Trinajstić information content (AvgIpc) is 2.46. The largest absolute Gasteiger partial charge is 0.333 e. The Morgan fingerprint density at radius 3 is 2.62 bits per heavy atom. The maximum absolute atomic E-state index is 11.5. The quantitative estimate of drug-likeness (QED) is 0.689. The molecule has 0 saturated carbocycles. The summed E-state index contributed by atoms with van der Waals surface area (Å²) in [6.07, 6.45) is 0.934. The third-order valence-corrected chi connectivity index (χ3v) is 3.12. The topological polar surface area (TPSA) is 37.4 Å². The summed E-state index contributed by atoms with van der Waals surface area (Å²) in [6, 6.07) is -0.197. The highest BCUT2D eigenvalue weighted by atomic mass is 79.9. The number of likely N-dealkylation sites (tertiary alicyclic amines) is 1. The van der Waals surface area contributed by atoms with Crippen molar-refractivity contribution < 1.29 is 9.59 Å². The van der Waals surface area contributed by atoms with Crippen molar-refractivity contribution in [2.45, 2.75) is 26.3 Å². The van der Waals surface area contributed by atoms with Gasteiger partial charge in [-0.1, -0.05) is 22.9 Å². The lowest BCUT2D eigenvalue weighted by atomic mass is 10.00. The minimum Gasteiger partial charge on any atom is -0.333 e. The summed E-state index contributed by atoms with van der Waals surface area (Å²) < 4.78 is 0. The highest BCUT2D eigenvalue weighted by molar-refractivity contribution is 9.09. The molecule has 1 heterocycles. The smallest absolute Gasteiger partial charge is 0.220 e. The first-order valence-electron chi connectivity index (χ1n) is 4.43.